The van der Waals surface area contributed by atoms with Gasteiger partial charge in [0.05, 0.1) is 12.3 Å². The van der Waals surface area contributed by atoms with E-state index in [0.717, 1.165) is 30.2 Å². The van der Waals surface area contributed by atoms with Gasteiger partial charge in [0.1, 0.15) is 5.82 Å². The van der Waals surface area contributed by atoms with Crippen molar-refractivity contribution in [3.63, 3.8) is 0 Å². The fraction of sp³-hybridized carbons (Fsp3) is 0.769. The van der Waals surface area contributed by atoms with Gasteiger partial charge < -0.3 is 14.9 Å². The summed E-state index contributed by atoms with van der Waals surface area (Å²) in [6.07, 6.45) is 2.66. The Hall–Kier alpha value is -1.07. The Morgan fingerprint density at radius 2 is 2.00 bits per heavy atom. The van der Waals surface area contributed by atoms with Gasteiger partial charge in [-0.25, -0.2) is 0 Å². The third-order valence-corrected chi connectivity index (χ3v) is 3.78. The molecule has 0 bridgehead atoms. The zero-order chi connectivity index (χ0) is 13.1. The Balaban J connectivity index is 2.01. The van der Waals surface area contributed by atoms with Crippen molar-refractivity contribution < 1.29 is 5.11 Å². The molecule has 5 heteroatoms. The maximum absolute atomic E-state index is 9.45. The van der Waals surface area contributed by atoms with Crippen LogP contribution in [0.2, 0.25) is 0 Å². The predicted octanol–water partition coefficient (Wildman–Crippen LogP) is 0.753. The van der Waals surface area contributed by atoms with E-state index in [1.807, 2.05) is 18.7 Å². The van der Waals surface area contributed by atoms with Crippen LogP contribution in [0.5, 0.6) is 0 Å². The number of nitrogens with zero attached hydrogens (tertiary/aromatic N) is 4. The summed E-state index contributed by atoms with van der Waals surface area (Å²) in [7, 11) is 4.01. The molecule has 102 valence electrons. The van der Waals surface area contributed by atoms with Crippen molar-refractivity contribution in [2.24, 2.45) is 7.05 Å². The van der Waals surface area contributed by atoms with E-state index in [1.165, 1.54) is 25.9 Å². The summed E-state index contributed by atoms with van der Waals surface area (Å²) in [5.41, 5.74) is 1.87. The number of aliphatic hydroxyl groups excluding tert-OH is 1. The van der Waals surface area contributed by atoms with Crippen LogP contribution >= 0.6 is 0 Å². The largest absolute Gasteiger partial charge is 0.391 e. The maximum atomic E-state index is 9.45. The molecule has 0 saturated carbocycles. The second kappa shape index (κ2) is 5.71. The molecule has 1 N–H and O–H groups in total. The number of anilines is 1. The number of likely N-dealkylation sites (N-methyl/N-ethyl adjacent to an activating group) is 1. The second-order valence-corrected chi connectivity index (χ2v) is 5.14. The minimum absolute atomic E-state index is 0.0586. The minimum atomic E-state index is 0.0586. The van der Waals surface area contributed by atoms with Gasteiger partial charge in [-0.1, -0.05) is 0 Å². The Morgan fingerprint density at radius 1 is 1.33 bits per heavy atom. The second-order valence-electron chi connectivity index (χ2n) is 5.14. The van der Waals surface area contributed by atoms with Gasteiger partial charge >= 0.3 is 0 Å². The highest BCUT2D eigenvalue weighted by atomic mass is 16.3. The maximum Gasteiger partial charge on any atom is 0.132 e. The molecule has 1 aromatic rings. The van der Waals surface area contributed by atoms with Crippen LogP contribution in [0.15, 0.2) is 0 Å². The molecule has 5 nitrogen and oxygen atoms in total. The number of hydrogen-bond acceptors (Lipinski definition) is 4. The summed E-state index contributed by atoms with van der Waals surface area (Å²) in [4.78, 5) is 4.70. The van der Waals surface area contributed by atoms with E-state index >= 15 is 0 Å². The van der Waals surface area contributed by atoms with Gasteiger partial charge in [0, 0.05) is 32.7 Å². The van der Waals surface area contributed by atoms with E-state index in [-0.39, 0.29) is 6.61 Å². The van der Waals surface area contributed by atoms with E-state index in [4.69, 9.17) is 0 Å². The number of rotatable bonds is 5. The van der Waals surface area contributed by atoms with Crippen LogP contribution in [0.4, 0.5) is 5.82 Å². The first kappa shape index (κ1) is 13.4. The molecular weight excluding hydrogens is 228 g/mol. The molecule has 0 radical (unpaired) electrons. The van der Waals surface area contributed by atoms with Crippen LogP contribution in [0.1, 0.15) is 24.1 Å². The monoisotopic (exact) mass is 252 g/mol. The number of hydrogen-bond donors (Lipinski definition) is 1. The first-order chi connectivity index (χ1) is 8.63. The lowest BCUT2D eigenvalue weighted by molar-refractivity contribution is 0.281. The molecule has 0 aromatic carbocycles. The summed E-state index contributed by atoms with van der Waals surface area (Å²) in [6, 6.07) is 0. The molecule has 2 heterocycles. The van der Waals surface area contributed by atoms with Crippen molar-refractivity contribution in [3.8, 4) is 0 Å². The third kappa shape index (κ3) is 2.67. The Labute approximate surface area is 109 Å². The van der Waals surface area contributed by atoms with E-state index in [2.05, 4.69) is 21.9 Å². The van der Waals surface area contributed by atoms with Crippen LogP contribution in [0.3, 0.4) is 0 Å². The smallest absolute Gasteiger partial charge is 0.132 e. The van der Waals surface area contributed by atoms with E-state index in [1.54, 1.807) is 0 Å². The van der Waals surface area contributed by atoms with Gasteiger partial charge in [0.2, 0.25) is 0 Å². The molecule has 1 aliphatic rings. The van der Waals surface area contributed by atoms with E-state index in [0.29, 0.717) is 0 Å². The van der Waals surface area contributed by atoms with E-state index < -0.39 is 0 Å². The zero-order valence-electron chi connectivity index (χ0n) is 11.7. The number of aromatic nitrogens is 2. The van der Waals surface area contributed by atoms with Gasteiger partial charge in [-0.2, -0.15) is 5.10 Å². The average Bonchev–Trinajstić information content (AvgIpc) is 2.93. The molecule has 0 amide bonds. The van der Waals surface area contributed by atoms with Crippen LogP contribution < -0.4 is 4.90 Å². The molecule has 2 rings (SSSR count). The van der Waals surface area contributed by atoms with Gasteiger partial charge in [0.15, 0.2) is 0 Å². The highest BCUT2D eigenvalue weighted by Gasteiger charge is 2.17. The van der Waals surface area contributed by atoms with Crippen LogP contribution in [-0.2, 0) is 13.7 Å². The Bertz CT molecular complexity index is 396. The molecule has 0 spiro atoms. The molecule has 18 heavy (non-hydrogen) atoms. The third-order valence-electron chi connectivity index (χ3n) is 3.78. The van der Waals surface area contributed by atoms with Crippen molar-refractivity contribution in [1.29, 1.82) is 0 Å². The van der Waals surface area contributed by atoms with Crippen molar-refractivity contribution in [1.82, 2.24) is 14.7 Å². The lowest BCUT2D eigenvalue weighted by Crippen LogP contribution is -2.32. The standard InChI is InChI=1S/C13H24N4O/c1-11-12(10-18)13(16(3)14-11)15(2)8-9-17-6-4-5-7-17/h18H,4-10H2,1-3H3. The molecule has 1 aliphatic heterocycles. The van der Waals surface area contributed by atoms with Crippen LogP contribution in [0, 0.1) is 6.92 Å². The Morgan fingerprint density at radius 3 is 2.61 bits per heavy atom. The van der Waals surface area contributed by atoms with E-state index in [9.17, 15) is 5.11 Å². The molecular formula is C13H24N4O. The fourth-order valence-electron chi connectivity index (χ4n) is 2.76. The van der Waals surface area contributed by atoms with Gasteiger partial charge in [-0.05, 0) is 32.9 Å². The van der Waals surface area contributed by atoms with Crippen LogP contribution in [0.25, 0.3) is 0 Å². The summed E-state index contributed by atoms with van der Waals surface area (Å²) < 4.78 is 1.87. The highest BCUT2D eigenvalue weighted by molar-refractivity contribution is 5.49. The lowest BCUT2D eigenvalue weighted by atomic mass is 10.2. The summed E-state index contributed by atoms with van der Waals surface area (Å²) in [6.45, 7) is 6.53. The van der Waals surface area contributed by atoms with Crippen molar-refractivity contribution in [2.45, 2.75) is 26.4 Å². The topological polar surface area (TPSA) is 44.5 Å². The van der Waals surface area contributed by atoms with Crippen LogP contribution in [-0.4, -0.2) is 53.0 Å². The molecule has 1 aromatic heterocycles. The van der Waals surface area contributed by atoms with Gasteiger partial charge in [-0.15, -0.1) is 0 Å². The van der Waals surface area contributed by atoms with Crippen molar-refractivity contribution >= 4 is 5.82 Å². The number of aryl methyl sites for hydroxylation is 2. The zero-order valence-corrected chi connectivity index (χ0v) is 11.7. The summed E-state index contributed by atoms with van der Waals surface area (Å²) in [5.74, 6) is 1.04. The normalized spacial score (nSPS) is 16.4. The predicted molar refractivity (Wildman–Crippen MR) is 72.8 cm³/mol. The summed E-state index contributed by atoms with van der Waals surface area (Å²) in [5, 5.41) is 13.8. The van der Waals surface area contributed by atoms with Gasteiger partial charge in [0.25, 0.3) is 0 Å². The Kier molecular flexibility index (Phi) is 4.24. The van der Waals surface area contributed by atoms with Crippen molar-refractivity contribution in [2.75, 3.05) is 38.1 Å². The first-order valence-corrected chi connectivity index (χ1v) is 6.70. The quantitative estimate of drug-likeness (QED) is 0.840. The van der Waals surface area contributed by atoms with Gasteiger partial charge in [-0.3, -0.25) is 4.68 Å². The van der Waals surface area contributed by atoms with Crippen molar-refractivity contribution in [3.05, 3.63) is 11.3 Å². The molecule has 0 atom stereocenters. The number of aliphatic hydroxyl groups is 1. The molecule has 1 fully saturated rings. The first-order valence-electron chi connectivity index (χ1n) is 6.70. The summed E-state index contributed by atoms with van der Waals surface area (Å²) >= 11 is 0. The number of likely N-dealkylation sites (tertiary alicyclic amines) is 1. The SMILES string of the molecule is Cc1nn(C)c(N(C)CCN2CCCC2)c1CO. The fourth-order valence-corrected chi connectivity index (χ4v) is 2.76. The average molecular weight is 252 g/mol. The minimum Gasteiger partial charge on any atom is -0.391 e. The highest BCUT2D eigenvalue weighted by Crippen LogP contribution is 2.22. The molecule has 0 unspecified atom stereocenters. The molecule has 0 aliphatic carbocycles. The lowest BCUT2D eigenvalue weighted by Gasteiger charge is -2.24. The molecule has 1 saturated heterocycles.